The van der Waals surface area contributed by atoms with E-state index in [0.717, 1.165) is 39.1 Å². The first-order chi connectivity index (χ1) is 7.77. The predicted octanol–water partition coefficient (Wildman–Crippen LogP) is 1.12. The Morgan fingerprint density at radius 2 is 2.19 bits per heavy atom. The lowest BCUT2D eigenvalue weighted by Gasteiger charge is -2.31. The highest BCUT2D eigenvalue weighted by Crippen LogP contribution is 2.15. The van der Waals surface area contributed by atoms with Crippen molar-refractivity contribution in [2.45, 2.75) is 26.7 Å². The molecule has 0 saturated carbocycles. The maximum absolute atomic E-state index is 11.4. The van der Waals surface area contributed by atoms with Gasteiger partial charge >= 0.3 is 0 Å². The first-order valence-corrected chi connectivity index (χ1v) is 6.20. The van der Waals surface area contributed by atoms with E-state index in [0.29, 0.717) is 0 Å². The number of likely N-dealkylation sites (tertiary alicyclic amines) is 1. The van der Waals surface area contributed by atoms with Gasteiger partial charge in [-0.15, -0.1) is 0 Å². The molecule has 1 aliphatic rings. The van der Waals surface area contributed by atoms with E-state index in [4.69, 9.17) is 4.74 Å². The predicted molar refractivity (Wildman–Crippen MR) is 66.5 cm³/mol. The molecule has 0 radical (unpaired) electrons. The number of amides is 1. The topological polar surface area (TPSA) is 41.6 Å². The number of methoxy groups -OCH3 is 1. The molecule has 0 bridgehead atoms. The standard InChI is InChI=1S/C10H20N2O2.C2H6/c1-11-10(13)9-4-3-5-12(8-9)6-7-14-2;1-2/h9H,3-8H2,1-2H3,(H,11,13);1-2H3. The monoisotopic (exact) mass is 230 g/mol. The molecule has 1 aliphatic heterocycles. The van der Waals surface area contributed by atoms with Gasteiger partial charge < -0.3 is 15.0 Å². The van der Waals surface area contributed by atoms with E-state index in [1.807, 2.05) is 13.8 Å². The summed E-state index contributed by atoms with van der Waals surface area (Å²) in [4.78, 5) is 13.7. The fourth-order valence-electron chi connectivity index (χ4n) is 1.90. The lowest BCUT2D eigenvalue weighted by Crippen LogP contribution is -2.43. The molecule has 96 valence electrons. The number of hydrogen-bond acceptors (Lipinski definition) is 3. The molecule has 1 N–H and O–H groups in total. The minimum Gasteiger partial charge on any atom is -0.383 e. The molecule has 0 aromatic rings. The van der Waals surface area contributed by atoms with Gasteiger partial charge in [0.1, 0.15) is 0 Å². The smallest absolute Gasteiger partial charge is 0.224 e. The molecule has 1 rings (SSSR count). The zero-order chi connectivity index (χ0) is 12.4. The molecular formula is C12H26N2O2. The van der Waals surface area contributed by atoms with Crippen LogP contribution < -0.4 is 5.32 Å². The van der Waals surface area contributed by atoms with E-state index in [9.17, 15) is 4.79 Å². The number of ether oxygens (including phenoxy) is 1. The minimum absolute atomic E-state index is 0.172. The van der Waals surface area contributed by atoms with Crippen LogP contribution in [0.5, 0.6) is 0 Å². The summed E-state index contributed by atoms with van der Waals surface area (Å²) in [6, 6.07) is 0. The van der Waals surface area contributed by atoms with Crippen molar-refractivity contribution in [3.05, 3.63) is 0 Å². The van der Waals surface area contributed by atoms with Crippen LogP contribution in [0.15, 0.2) is 0 Å². The van der Waals surface area contributed by atoms with Crippen molar-refractivity contribution in [3.63, 3.8) is 0 Å². The third kappa shape index (κ3) is 5.47. The van der Waals surface area contributed by atoms with Crippen molar-refractivity contribution < 1.29 is 9.53 Å². The van der Waals surface area contributed by atoms with Gasteiger partial charge in [-0.25, -0.2) is 0 Å². The summed E-state index contributed by atoms with van der Waals surface area (Å²) in [5, 5.41) is 2.71. The van der Waals surface area contributed by atoms with Crippen molar-refractivity contribution >= 4 is 5.91 Å². The van der Waals surface area contributed by atoms with Gasteiger partial charge in [-0.3, -0.25) is 4.79 Å². The van der Waals surface area contributed by atoms with Crippen LogP contribution >= 0.6 is 0 Å². The number of piperidine rings is 1. The zero-order valence-electron chi connectivity index (χ0n) is 11.1. The normalized spacial score (nSPS) is 20.9. The van der Waals surface area contributed by atoms with Gasteiger partial charge in [-0.2, -0.15) is 0 Å². The third-order valence-electron chi connectivity index (χ3n) is 2.73. The molecule has 1 amide bonds. The Morgan fingerprint density at radius 3 is 2.75 bits per heavy atom. The maximum Gasteiger partial charge on any atom is 0.224 e. The van der Waals surface area contributed by atoms with Gasteiger partial charge in [0.25, 0.3) is 0 Å². The van der Waals surface area contributed by atoms with E-state index >= 15 is 0 Å². The van der Waals surface area contributed by atoms with Crippen molar-refractivity contribution in [1.29, 1.82) is 0 Å². The van der Waals surface area contributed by atoms with Crippen molar-refractivity contribution in [2.75, 3.05) is 40.4 Å². The third-order valence-corrected chi connectivity index (χ3v) is 2.73. The summed E-state index contributed by atoms with van der Waals surface area (Å²) in [5.74, 6) is 0.345. The molecule has 4 heteroatoms. The molecule has 16 heavy (non-hydrogen) atoms. The summed E-state index contributed by atoms with van der Waals surface area (Å²) in [6.07, 6.45) is 2.13. The van der Waals surface area contributed by atoms with Crippen LogP contribution in [0.25, 0.3) is 0 Å². The average molecular weight is 230 g/mol. The molecule has 1 saturated heterocycles. The van der Waals surface area contributed by atoms with Crippen LogP contribution in [0, 0.1) is 5.92 Å². The first-order valence-electron chi connectivity index (χ1n) is 6.20. The van der Waals surface area contributed by atoms with Gasteiger partial charge in [-0.1, -0.05) is 13.8 Å². The molecule has 1 heterocycles. The average Bonchev–Trinajstić information content (AvgIpc) is 2.38. The van der Waals surface area contributed by atoms with Crippen molar-refractivity contribution in [1.82, 2.24) is 10.2 Å². The summed E-state index contributed by atoms with van der Waals surface area (Å²) in [5.41, 5.74) is 0. The number of nitrogens with zero attached hydrogens (tertiary/aromatic N) is 1. The van der Waals surface area contributed by atoms with Gasteiger partial charge in [0.15, 0.2) is 0 Å². The number of carbonyl (C=O) groups excluding carboxylic acids is 1. The Bertz CT molecular complexity index is 186. The molecule has 4 nitrogen and oxygen atoms in total. The SMILES string of the molecule is CC.CNC(=O)C1CCCN(CCOC)C1. The van der Waals surface area contributed by atoms with Gasteiger partial charge in [-0.05, 0) is 19.4 Å². The van der Waals surface area contributed by atoms with E-state index in [1.54, 1.807) is 14.2 Å². The van der Waals surface area contributed by atoms with Crippen molar-refractivity contribution in [3.8, 4) is 0 Å². The summed E-state index contributed by atoms with van der Waals surface area (Å²) < 4.78 is 5.02. The fraction of sp³-hybridized carbons (Fsp3) is 0.917. The van der Waals surface area contributed by atoms with Crippen LogP contribution in [0.4, 0.5) is 0 Å². The highest BCUT2D eigenvalue weighted by Gasteiger charge is 2.24. The van der Waals surface area contributed by atoms with Crippen LogP contribution in [-0.4, -0.2) is 51.2 Å². The highest BCUT2D eigenvalue weighted by atomic mass is 16.5. The molecule has 0 aliphatic carbocycles. The minimum atomic E-state index is 0.172. The molecule has 0 spiro atoms. The van der Waals surface area contributed by atoms with E-state index in [2.05, 4.69) is 10.2 Å². The lowest BCUT2D eigenvalue weighted by atomic mass is 9.97. The van der Waals surface area contributed by atoms with Crippen LogP contribution in [0.2, 0.25) is 0 Å². The Kier molecular flexibility index (Phi) is 9.24. The second-order valence-corrected chi connectivity index (χ2v) is 3.75. The second kappa shape index (κ2) is 9.60. The highest BCUT2D eigenvalue weighted by molar-refractivity contribution is 5.78. The first kappa shape index (κ1) is 15.4. The summed E-state index contributed by atoms with van der Waals surface area (Å²) >= 11 is 0. The number of nitrogens with one attached hydrogen (secondary N) is 1. The second-order valence-electron chi connectivity index (χ2n) is 3.75. The number of carbonyl (C=O) groups is 1. The molecule has 1 fully saturated rings. The lowest BCUT2D eigenvalue weighted by molar-refractivity contribution is -0.126. The Hall–Kier alpha value is -0.610. The van der Waals surface area contributed by atoms with E-state index in [1.165, 1.54) is 0 Å². The molecule has 0 aromatic heterocycles. The quantitative estimate of drug-likeness (QED) is 0.787. The molecular weight excluding hydrogens is 204 g/mol. The van der Waals surface area contributed by atoms with Gasteiger partial charge in [0, 0.05) is 27.2 Å². The van der Waals surface area contributed by atoms with Crippen LogP contribution in [0.1, 0.15) is 26.7 Å². The fourth-order valence-corrected chi connectivity index (χ4v) is 1.90. The number of hydrogen-bond donors (Lipinski definition) is 1. The largest absolute Gasteiger partial charge is 0.383 e. The molecule has 0 aromatic carbocycles. The van der Waals surface area contributed by atoms with Gasteiger partial charge in [0.2, 0.25) is 5.91 Å². The van der Waals surface area contributed by atoms with Gasteiger partial charge in [0.05, 0.1) is 12.5 Å². The van der Waals surface area contributed by atoms with Crippen LogP contribution in [0.3, 0.4) is 0 Å². The number of rotatable bonds is 4. The molecule has 1 unspecified atom stereocenters. The van der Waals surface area contributed by atoms with E-state index < -0.39 is 0 Å². The zero-order valence-corrected chi connectivity index (χ0v) is 11.1. The Labute approximate surface area is 99.3 Å². The summed E-state index contributed by atoms with van der Waals surface area (Å²) in [6.45, 7) is 7.66. The van der Waals surface area contributed by atoms with E-state index in [-0.39, 0.29) is 11.8 Å². The maximum atomic E-state index is 11.4. The summed E-state index contributed by atoms with van der Waals surface area (Å²) in [7, 11) is 3.41. The Balaban J connectivity index is 0.00000106. The molecule has 1 atom stereocenters. The van der Waals surface area contributed by atoms with Crippen LogP contribution in [-0.2, 0) is 9.53 Å². The van der Waals surface area contributed by atoms with Crippen molar-refractivity contribution in [2.24, 2.45) is 5.92 Å². The Morgan fingerprint density at radius 1 is 1.50 bits per heavy atom.